The second kappa shape index (κ2) is 7.34. The third kappa shape index (κ3) is 5.23. The number of aliphatic hydroxyl groups excluding tert-OH is 1. The van der Waals surface area contributed by atoms with E-state index >= 15 is 0 Å². The molecular formula is C17H22F3NO2. The van der Waals surface area contributed by atoms with Crippen LogP contribution < -0.4 is 5.32 Å². The molecule has 0 bridgehead atoms. The predicted octanol–water partition coefficient (Wildman–Crippen LogP) is 3.16. The van der Waals surface area contributed by atoms with E-state index in [1.165, 1.54) is 6.07 Å². The molecule has 1 amide bonds. The van der Waals surface area contributed by atoms with Crippen molar-refractivity contribution in [3.63, 3.8) is 0 Å². The Bertz CT molecular complexity index is 541. The van der Waals surface area contributed by atoms with Gasteiger partial charge < -0.3 is 10.4 Å². The van der Waals surface area contributed by atoms with E-state index < -0.39 is 17.7 Å². The SMILES string of the molecule is CC(Cc1cccc(C(F)(F)F)c1)C(=O)NC(CCO)C1CC1. The third-order valence-electron chi connectivity index (χ3n) is 4.20. The number of amides is 1. The Kier molecular flexibility index (Phi) is 5.68. The Balaban J connectivity index is 1.95. The summed E-state index contributed by atoms with van der Waals surface area (Å²) in [5.41, 5.74) is -0.202. The van der Waals surface area contributed by atoms with Gasteiger partial charge in [-0.2, -0.15) is 13.2 Å². The Morgan fingerprint density at radius 2 is 2.09 bits per heavy atom. The monoisotopic (exact) mass is 329 g/mol. The molecule has 0 spiro atoms. The van der Waals surface area contributed by atoms with E-state index in [1.807, 2.05) is 0 Å². The lowest BCUT2D eigenvalue weighted by Gasteiger charge is -2.20. The zero-order chi connectivity index (χ0) is 17.0. The van der Waals surface area contributed by atoms with Gasteiger partial charge in [-0.1, -0.05) is 25.1 Å². The molecule has 0 radical (unpaired) electrons. The van der Waals surface area contributed by atoms with Crippen molar-refractivity contribution in [1.82, 2.24) is 5.32 Å². The fourth-order valence-corrected chi connectivity index (χ4v) is 2.71. The zero-order valence-corrected chi connectivity index (χ0v) is 13.1. The number of hydrogen-bond acceptors (Lipinski definition) is 2. The number of carbonyl (C=O) groups is 1. The summed E-state index contributed by atoms with van der Waals surface area (Å²) >= 11 is 0. The van der Waals surface area contributed by atoms with Crippen LogP contribution in [-0.4, -0.2) is 23.7 Å². The van der Waals surface area contributed by atoms with Gasteiger partial charge in [0.05, 0.1) is 5.56 Å². The molecule has 1 aliphatic rings. The maximum absolute atomic E-state index is 12.7. The maximum Gasteiger partial charge on any atom is 0.416 e. The van der Waals surface area contributed by atoms with Crippen LogP contribution in [0.25, 0.3) is 0 Å². The number of halogens is 3. The van der Waals surface area contributed by atoms with Crippen LogP contribution >= 0.6 is 0 Å². The summed E-state index contributed by atoms with van der Waals surface area (Å²) in [5, 5.41) is 12.0. The standard InChI is InChI=1S/C17H22F3NO2/c1-11(16(23)21-15(7-8-22)13-5-6-13)9-12-3-2-4-14(10-12)17(18,19)20/h2-4,10-11,13,15,22H,5-9H2,1H3,(H,21,23). The summed E-state index contributed by atoms with van der Waals surface area (Å²) in [4.78, 5) is 12.2. The van der Waals surface area contributed by atoms with Crippen LogP contribution in [0.3, 0.4) is 0 Å². The van der Waals surface area contributed by atoms with E-state index in [-0.39, 0.29) is 25.0 Å². The van der Waals surface area contributed by atoms with Gasteiger partial charge in [0.15, 0.2) is 0 Å². The normalized spacial score (nSPS) is 17.6. The van der Waals surface area contributed by atoms with Crippen molar-refractivity contribution in [2.45, 2.75) is 44.8 Å². The van der Waals surface area contributed by atoms with Crippen molar-refractivity contribution in [2.24, 2.45) is 11.8 Å². The lowest BCUT2D eigenvalue weighted by molar-refractivity contribution is -0.137. The Morgan fingerprint density at radius 1 is 1.39 bits per heavy atom. The molecule has 23 heavy (non-hydrogen) atoms. The van der Waals surface area contributed by atoms with E-state index in [2.05, 4.69) is 5.32 Å². The molecule has 128 valence electrons. The van der Waals surface area contributed by atoms with Crippen LogP contribution in [0.15, 0.2) is 24.3 Å². The first-order valence-corrected chi connectivity index (χ1v) is 7.88. The number of nitrogens with one attached hydrogen (secondary N) is 1. The first-order valence-electron chi connectivity index (χ1n) is 7.88. The molecular weight excluding hydrogens is 307 g/mol. The van der Waals surface area contributed by atoms with Gasteiger partial charge in [-0.05, 0) is 43.2 Å². The van der Waals surface area contributed by atoms with Crippen molar-refractivity contribution in [3.05, 3.63) is 35.4 Å². The molecule has 2 atom stereocenters. The smallest absolute Gasteiger partial charge is 0.396 e. The minimum atomic E-state index is -4.38. The molecule has 0 saturated heterocycles. The van der Waals surface area contributed by atoms with Gasteiger partial charge in [0.2, 0.25) is 5.91 Å². The molecule has 1 fully saturated rings. The number of rotatable bonds is 7. The van der Waals surface area contributed by atoms with Crippen LogP contribution in [0.5, 0.6) is 0 Å². The Hall–Kier alpha value is -1.56. The fraction of sp³-hybridized carbons (Fsp3) is 0.588. The molecule has 0 aromatic heterocycles. The number of alkyl halides is 3. The van der Waals surface area contributed by atoms with E-state index in [1.54, 1.807) is 13.0 Å². The summed E-state index contributed by atoms with van der Waals surface area (Å²) in [7, 11) is 0. The second-order valence-electron chi connectivity index (χ2n) is 6.27. The zero-order valence-electron chi connectivity index (χ0n) is 13.1. The van der Waals surface area contributed by atoms with Crippen molar-refractivity contribution >= 4 is 5.91 Å². The van der Waals surface area contributed by atoms with E-state index in [4.69, 9.17) is 5.11 Å². The molecule has 6 heteroatoms. The number of hydrogen-bond donors (Lipinski definition) is 2. The highest BCUT2D eigenvalue weighted by atomic mass is 19.4. The molecule has 1 saturated carbocycles. The molecule has 0 aliphatic heterocycles. The maximum atomic E-state index is 12.7. The molecule has 2 rings (SSSR count). The van der Waals surface area contributed by atoms with Gasteiger partial charge in [0.25, 0.3) is 0 Å². The van der Waals surface area contributed by atoms with Crippen molar-refractivity contribution in [3.8, 4) is 0 Å². The first-order chi connectivity index (χ1) is 10.8. The number of carbonyl (C=O) groups excluding carboxylic acids is 1. The van der Waals surface area contributed by atoms with Crippen LogP contribution in [0.1, 0.15) is 37.3 Å². The quantitative estimate of drug-likeness (QED) is 0.807. The highest BCUT2D eigenvalue weighted by molar-refractivity contribution is 5.79. The largest absolute Gasteiger partial charge is 0.416 e. The van der Waals surface area contributed by atoms with Gasteiger partial charge in [-0.3, -0.25) is 4.79 Å². The van der Waals surface area contributed by atoms with Crippen molar-refractivity contribution < 1.29 is 23.1 Å². The van der Waals surface area contributed by atoms with Crippen molar-refractivity contribution in [2.75, 3.05) is 6.61 Å². The van der Waals surface area contributed by atoms with Crippen LogP contribution in [0.4, 0.5) is 13.2 Å². The van der Waals surface area contributed by atoms with Crippen molar-refractivity contribution in [1.29, 1.82) is 0 Å². The fourth-order valence-electron chi connectivity index (χ4n) is 2.71. The number of benzene rings is 1. The van der Waals surface area contributed by atoms with Crippen LogP contribution in [0.2, 0.25) is 0 Å². The molecule has 1 aromatic rings. The average molecular weight is 329 g/mol. The van der Waals surface area contributed by atoms with Gasteiger partial charge in [-0.15, -0.1) is 0 Å². The molecule has 1 aromatic carbocycles. The van der Waals surface area contributed by atoms with Gasteiger partial charge >= 0.3 is 6.18 Å². The Labute approximate surface area is 133 Å². The van der Waals surface area contributed by atoms with E-state index in [0.717, 1.165) is 25.0 Å². The summed E-state index contributed by atoms with van der Waals surface area (Å²) in [6, 6.07) is 5.05. The predicted molar refractivity (Wildman–Crippen MR) is 80.7 cm³/mol. The summed E-state index contributed by atoms with van der Waals surface area (Å²) in [6.07, 6.45) is -1.50. The van der Waals surface area contributed by atoms with Gasteiger partial charge in [-0.25, -0.2) is 0 Å². The third-order valence-corrected chi connectivity index (χ3v) is 4.20. The lowest BCUT2D eigenvalue weighted by Crippen LogP contribution is -2.40. The lowest BCUT2D eigenvalue weighted by atomic mass is 9.98. The minimum absolute atomic E-state index is 0.0173. The van der Waals surface area contributed by atoms with E-state index in [9.17, 15) is 18.0 Å². The Morgan fingerprint density at radius 3 is 2.65 bits per heavy atom. The topological polar surface area (TPSA) is 49.3 Å². The summed E-state index contributed by atoms with van der Waals surface area (Å²) in [6.45, 7) is 1.72. The summed E-state index contributed by atoms with van der Waals surface area (Å²) < 4.78 is 38.1. The van der Waals surface area contributed by atoms with E-state index in [0.29, 0.717) is 17.9 Å². The number of aliphatic hydroxyl groups is 1. The second-order valence-corrected chi connectivity index (χ2v) is 6.27. The summed E-state index contributed by atoms with van der Waals surface area (Å²) in [5.74, 6) is -0.168. The molecule has 3 nitrogen and oxygen atoms in total. The molecule has 2 unspecified atom stereocenters. The van der Waals surface area contributed by atoms with Gasteiger partial charge in [0, 0.05) is 18.6 Å². The van der Waals surface area contributed by atoms with Crippen LogP contribution in [0, 0.1) is 11.8 Å². The van der Waals surface area contributed by atoms with Gasteiger partial charge in [0.1, 0.15) is 0 Å². The highest BCUT2D eigenvalue weighted by Gasteiger charge is 2.33. The molecule has 0 heterocycles. The highest BCUT2D eigenvalue weighted by Crippen LogP contribution is 2.34. The molecule has 2 N–H and O–H groups in total. The van der Waals surface area contributed by atoms with Crippen LogP contribution in [-0.2, 0) is 17.4 Å². The molecule has 1 aliphatic carbocycles. The minimum Gasteiger partial charge on any atom is -0.396 e. The average Bonchev–Trinajstić information content (AvgIpc) is 3.30. The first kappa shape index (κ1) is 17.8.